The molecule has 0 unspecified atom stereocenters. The zero-order valence-electron chi connectivity index (χ0n) is 17.6. The third kappa shape index (κ3) is 4.57. The van der Waals surface area contributed by atoms with E-state index in [0.717, 1.165) is 22.7 Å². The van der Waals surface area contributed by atoms with E-state index in [2.05, 4.69) is 15.3 Å². The number of para-hydroxylation sites is 1. The Balaban J connectivity index is 1.86. The highest BCUT2D eigenvalue weighted by molar-refractivity contribution is 7.90. The Morgan fingerprint density at radius 1 is 1.06 bits per heavy atom. The van der Waals surface area contributed by atoms with Gasteiger partial charge in [-0.15, -0.1) is 0 Å². The number of carboxylic acid groups (broad SMARTS) is 1. The fraction of sp³-hybridized carbons (Fsp3) is 0.261. The summed E-state index contributed by atoms with van der Waals surface area (Å²) in [5, 5.41) is 12.2. The van der Waals surface area contributed by atoms with Gasteiger partial charge in [-0.25, -0.2) is 18.2 Å². The van der Waals surface area contributed by atoms with Crippen LogP contribution < -0.4 is 5.32 Å². The van der Waals surface area contributed by atoms with Crippen LogP contribution in [-0.4, -0.2) is 47.0 Å². The van der Waals surface area contributed by atoms with Gasteiger partial charge in [0, 0.05) is 24.2 Å². The van der Waals surface area contributed by atoms with Gasteiger partial charge in [0.15, 0.2) is 0 Å². The van der Waals surface area contributed by atoms with Gasteiger partial charge in [0.2, 0.25) is 15.0 Å². The second kappa shape index (κ2) is 8.96. The molecule has 2 N–H and O–H groups in total. The molecule has 8 nitrogen and oxygen atoms in total. The Morgan fingerprint density at radius 2 is 1.78 bits per heavy atom. The molecule has 0 aliphatic heterocycles. The SMILES string of the molecule is CS(=O)(=O)c1nc2cnc3ccccc3c2n1[C@H](CCNC(=O)O)CCc1ccccc1. The van der Waals surface area contributed by atoms with E-state index >= 15 is 0 Å². The average molecular weight is 453 g/mol. The number of benzene rings is 2. The zero-order chi connectivity index (χ0) is 22.7. The molecule has 0 fully saturated rings. The van der Waals surface area contributed by atoms with Crippen LogP contribution in [0.25, 0.3) is 21.9 Å². The topological polar surface area (TPSA) is 114 Å². The molecule has 0 radical (unpaired) electrons. The number of sulfone groups is 1. The van der Waals surface area contributed by atoms with Crippen molar-refractivity contribution in [1.29, 1.82) is 0 Å². The summed E-state index contributed by atoms with van der Waals surface area (Å²) in [7, 11) is -3.65. The third-order valence-electron chi connectivity index (χ3n) is 5.45. The van der Waals surface area contributed by atoms with Gasteiger partial charge >= 0.3 is 6.09 Å². The lowest BCUT2D eigenvalue weighted by molar-refractivity contribution is 0.193. The van der Waals surface area contributed by atoms with Crippen LogP contribution in [0.2, 0.25) is 0 Å². The minimum Gasteiger partial charge on any atom is -0.465 e. The highest BCUT2D eigenvalue weighted by Gasteiger charge is 2.26. The summed E-state index contributed by atoms with van der Waals surface area (Å²) in [6, 6.07) is 17.2. The summed E-state index contributed by atoms with van der Waals surface area (Å²) in [6.07, 6.45) is 3.38. The van der Waals surface area contributed by atoms with Crippen molar-refractivity contribution in [3.8, 4) is 0 Å². The van der Waals surface area contributed by atoms with Gasteiger partial charge in [-0.1, -0.05) is 48.5 Å². The van der Waals surface area contributed by atoms with Crippen LogP contribution in [0.3, 0.4) is 0 Å². The summed E-state index contributed by atoms with van der Waals surface area (Å²) in [6.45, 7) is 0.195. The molecule has 0 saturated heterocycles. The van der Waals surface area contributed by atoms with E-state index in [4.69, 9.17) is 5.11 Å². The lowest BCUT2D eigenvalue weighted by Gasteiger charge is -2.22. The summed E-state index contributed by atoms with van der Waals surface area (Å²) >= 11 is 0. The zero-order valence-corrected chi connectivity index (χ0v) is 18.4. The van der Waals surface area contributed by atoms with E-state index in [0.29, 0.717) is 30.3 Å². The van der Waals surface area contributed by atoms with E-state index in [1.54, 1.807) is 10.8 Å². The predicted octanol–water partition coefficient (Wildman–Crippen LogP) is 3.82. The molecule has 1 amide bonds. The molecule has 0 bridgehead atoms. The smallest absolute Gasteiger partial charge is 0.404 e. The van der Waals surface area contributed by atoms with Crippen molar-refractivity contribution in [2.24, 2.45) is 0 Å². The fourth-order valence-electron chi connectivity index (χ4n) is 4.03. The van der Waals surface area contributed by atoms with E-state index in [-0.39, 0.29) is 17.7 Å². The Kier molecular flexibility index (Phi) is 6.09. The molecule has 0 aliphatic carbocycles. The first kappa shape index (κ1) is 21.8. The summed E-state index contributed by atoms with van der Waals surface area (Å²) in [4.78, 5) is 19.9. The van der Waals surface area contributed by atoms with Gasteiger partial charge < -0.3 is 15.0 Å². The molecule has 9 heteroatoms. The molecule has 0 spiro atoms. The minimum absolute atomic E-state index is 0.0287. The van der Waals surface area contributed by atoms with Crippen molar-refractivity contribution in [1.82, 2.24) is 19.9 Å². The van der Waals surface area contributed by atoms with Crippen molar-refractivity contribution in [3.63, 3.8) is 0 Å². The average Bonchev–Trinajstić information content (AvgIpc) is 3.17. The molecule has 4 rings (SSSR count). The van der Waals surface area contributed by atoms with Gasteiger partial charge in [-0.3, -0.25) is 4.98 Å². The third-order valence-corrected chi connectivity index (χ3v) is 6.40. The van der Waals surface area contributed by atoms with Gasteiger partial charge in [0.05, 0.1) is 17.2 Å². The number of hydrogen-bond donors (Lipinski definition) is 2. The standard InChI is InChI=1S/C23H24N4O4S/c1-32(30,31)22-26-20-15-25-19-10-6-5-9-18(19)21(20)27(22)17(13-14-24-23(28)29)12-11-16-7-3-2-4-8-16/h2-10,15,17,24H,11-14H2,1H3,(H,28,29)/t17-/m0/s1. The van der Waals surface area contributed by atoms with Crippen LogP contribution in [0, 0.1) is 0 Å². The monoisotopic (exact) mass is 452 g/mol. The largest absolute Gasteiger partial charge is 0.465 e. The maximum absolute atomic E-state index is 12.7. The van der Waals surface area contributed by atoms with Gasteiger partial charge in [0.1, 0.15) is 5.52 Å². The van der Waals surface area contributed by atoms with Crippen molar-refractivity contribution < 1.29 is 18.3 Å². The minimum atomic E-state index is -3.65. The van der Waals surface area contributed by atoms with Crippen molar-refractivity contribution in [3.05, 3.63) is 66.4 Å². The van der Waals surface area contributed by atoms with Crippen LogP contribution in [0.1, 0.15) is 24.4 Å². The molecule has 4 aromatic rings. The van der Waals surface area contributed by atoms with Crippen LogP contribution in [0.15, 0.2) is 66.0 Å². The van der Waals surface area contributed by atoms with Crippen molar-refractivity contribution in [2.75, 3.05) is 12.8 Å². The second-order valence-electron chi connectivity index (χ2n) is 7.74. The Morgan fingerprint density at radius 3 is 2.50 bits per heavy atom. The molecule has 1 atom stereocenters. The van der Waals surface area contributed by atoms with Crippen molar-refractivity contribution >= 4 is 37.9 Å². The van der Waals surface area contributed by atoms with Crippen molar-refractivity contribution in [2.45, 2.75) is 30.5 Å². The molecule has 0 aliphatic rings. The first-order valence-electron chi connectivity index (χ1n) is 10.3. The molecule has 0 saturated carbocycles. The number of amides is 1. The van der Waals surface area contributed by atoms with Crippen LogP contribution >= 0.6 is 0 Å². The first-order valence-corrected chi connectivity index (χ1v) is 12.2. The molecule has 2 heterocycles. The number of pyridine rings is 1. The number of fused-ring (bicyclic) bond motifs is 3. The molecule has 166 valence electrons. The van der Waals surface area contributed by atoms with E-state index < -0.39 is 15.9 Å². The quantitative estimate of drug-likeness (QED) is 0.420. The first-order chi connectivity index (χ1) is 15.3. The fourth-order valence-corrected chi connectivity index (χ4v) is 4.89. The number of imidazole rings is 1. The molecule has 2 aromatic heterocycles. The lowest BCUT2D eigenvalue weighted by atomic mass is 10.0. The Hall–Kier alpha value is -3.46. The van der Waals surface area contributed by atoms with Crippen LogP contribution in [0.4, 0.5) is 4.79 Å². The molecule has 32 heavy (non-hydrogen) atoms. The van der Waals surface area contributed by atoms with Crippen LogP contribution in [0.5, 0.6) is 0 Å². The predicted molar refractivity (Wildman–Crippen MR) is 123 cm³/mol. The molecule has 2 aromatic carbocycles. The van der Waals surface area contributed by atoms with E-state index in [1.165, 1.54) is 0 Å². The number of nitrogens with zero attached hydrogens (tertiary/aromatic N) is 3. The summed E-state index contributed by atoms with van der Waals surface area (Å²) in [5.41, 5.74) is 3.07. The number of carbonyl (C=O) groups is 1. The summed E-state index contributed by atoms with van der Waals surface area (Å²) in [5.74, 6) is 0. The lowest BCUT2D eigenvalue weighted by Crippen LogP contribution is -2.26. The highest BCUT2D eigenvalue weighted by atomic mass is 32.2. The van der Waals surface area contributed by atoms with E-state index in [1.807, 2.05) is 54.6 Å². The number of nitrogens with one attached hydrogen (secondary N) is 1. The maximum atomic E-state index is 12.7. The highest BCUT2D eigenvalue weighted by Crippen LogP contribution is 2.32. The number of hydrogen-bond acceptors (Lipinski definition) is 5. The Bertz CT molecular complexity index is 1370. The second-order valence-corrected chi connectivity index (χ2v) is 9.65. The van der Waals surface area contributed by atoms with Gasteiger partial charge in [0.25, 0.3) is 0 Å². The number of aromatic nitrogens is 3. The normalized spacial score (nSPS) is 12.8. The number of aryl methyl sites for hydroxylation is 1. The summed E-state index contributed by atoms with van der Waals surface area (Å²) < 4.78 is 27.2. The molecular formula is C23H24N4O4S. The maximum Gasteiger partial charge on any atom is 0.404 e. The molecular weight excluding hydrogens is 428 g/mol. The van der Waals surface area contributed by atoms with Gasteiger partial charge in [-0.2, -0.15) is 0 Å². The van der Waals surface area contributed by atoms with Crippen LogP contribution in [-0.2, 0) is 16.3 Å². The Labute approximate surface area is 185 Å². The van der Waals surface area contributed by atoms with Gasteiger partial charge in [-0.05, 0) is 30.9 Å². The number of rotatable bonds is 8. The van der Waals surface area contributed by atoms with E-state index in [9.17, 15) is 13.2 Å².